The van der Waals surface area contributed by atoms with Crippen molar-refractivity contribution >= 4 is 37.8 Å². The number of carbonyl (C=O) groups is 2. The minimum atomic E-state index is -3.65. The van der Waals surface area contributed by atoms with Gasteiger partial charge in [0.15, 0.2) is 6.04 Å². The van der Waals surface area contributed by atoms with Crippen LogP contribution in [0, 0.1) is 0 Å². The average molecular weight is 497 g/mol. The first-order chi connectivity index (χ1) is 14.3. The molecule has 0 spiro atoms. The third-order valence-corrected chi connectivity index (χ3v) is 7.08. The third kappa shape index (κ3) is 5.07. The summed E-state index contributed by atoms with van der Waals surface area (Å²) in [4.78, 5) is 25.0. The van der Waals surface area contributed by atoms with E-state index in [4.69, 9.17) is 9.47 Å². The maximum atomic E-state index is 12.7. The number of halogens is 1. The number of methoxy groups -OCH3 is 1. The van der Waals surface area contributed by atoms with Crippen LogP contribution in [0.5, 0.6) is 0 Å². The van der Waals surface area contributed by atoms with E-state index >= 15 is 0 Å². The van der Waals surface area contributed by atoms with Gasteiger partial charge in [-0.25, -0.2) is 13.2 Å². The van der Waals surface area contributed by atoms with Crippen LogP contribution in [-0.2, 0) is 24.3 Å². The smallest absolute Gasteiger partial charge is 0.333 e. The highest BCUT2D eigenvalue weighted by Crippen LogP contribution is 2.20. The van der Waals surface area contributed by atoms with Gasteiger partial charge in [-0.05, 0) is 42.0 Å². The third-order valence-electron chi connectivity index (χ3n) is 4.64. The standard InChI is InChI=1S/C20H21BrN2O6S/c1-28-20(25)18(14-2-6-16(21)7-3-14)22-19(24)15-4-8-17(9-5-15)30(26,27)23-10-12-29-13-11-23/h2-9,18H,10-13H2,1H3,(H,22,24). The molecule has 1 atom stereocenters. The van der Waals surface area contributed by atoms with Crippen molar-refractivity contribution in [3.05, 3.63) is 64.1 Å². The number of nitrogens with zero attached hydrogens (tertiary/aromatic N) is 1. The Balaban J connectivity index is 1.77. The number of morpholine rings is 1. The summed E-state index contributed by atoms with van der Waals surface area (Å²) in [6, 6.07) is 11.5. The van der Waals surface area contributed by atoms with E-state index in [9.17, 15) is 18.0 Å². The van der Waals surface area contributed by atoms with Gasteiger partial charge in [-0.3, -0.25) is 4.79 Å². The van der Waals surface area contributed by atoms with Gasteiger partial charge in [-0.1, -0.05) is 28.1 Å². The average Bonchev–Trinajstić information content (AvgIpc) is 2.78. The van der Waals surface area contributed by atoms with Gasteiger partial charge in [0.05, 0.1) is 25.2 Å². The zero-order valence-electron chi connectivity index (χ0n) is 16.2. The summed E-state index contributed by atoms with van der Waals surface area (Å²) in [5.74, 6) is -1.14. The molecule has 1 aliphatic rings. The number of hydrogen-bond acceptors (Lipinski definition) is 6. The number of sulfonamides is 1. The van der Waals surface area contributed by atoms with Crippen LogP contribution in [0.15, 0.2) is 57.9 Å². The van der Waals surface area contributed by atoms with Crippen LogP contribution in [0.3, 0.4) is 0 Å². The molecule has 1 aliphatic heterocycles. The van der Waals surface area contributed by atoms with Crippen LogP contribution >= 0.6 is 15.9 Å². The first kappa shape index (κ1) is 22.4. The molecule has 0 saturated carbocycles. The largest absolute Gasteiger partial charge is 0.467 e. The Morgan fingerprint density at radius 3 is 2.23 bits per heavy atom. The second-order valence-corrected chi connectivity index (χ2v) is 9.38. The number of benzene rings is 2. The highest BCUT2D eigenvalue weighted by molar-refractivity contribution is 9.10. The Kier molecular flexibility index (Phi) is 7.24. The van der Waals surface area contributed by atoms with Gasteiger partial charge in [0.1, 0.15) is 0 Å². The molecule has 0 radical (unpaired) electrons. The van der Waals surface area contributed by atoms with Crippen molar-refractivity contribution in [1.82, 2.24) is 9.62 Å². The molecule has 1 unspecified atom stereocenters. The van der Waals surface area contributed by atoms with Crippen LogP contribution in [0.2, 0.25) is 0 Å². The second kappa shape index (κ2) is 9.69. The van der Waals surface area contributed by atoms with Gasteiger partial charge in [0, 0.05) is 23.1 Å². The minimum Gasteiger partial charge on any atom is -0.467 e. The number of nitrogens with one attached hydrogen (secondary N) is 1. The summed E-state index contributed by atoms with van der Waals surface area (Å²) >= 11 is 3.32. The number of rotatable bonds is 6. The summed E-state index contributed by atoms with van der Waals surface area (Å²) in [5, 5.41) is 2.64. The van der Waals surface area contributed by atoms with E-state index in [0.29, 0.717) is 31.9 Å². The summed E-state index contributed by atoms with van der Waals surface area (Å²) in [6.45, 7) is 1.28. The van der Waals surface area contributed by atoms with Gasteiger partial charge in [0.2, 0.25) is 10.0 Å². The van der Waals surface area contributed by atoms with Gasteiger partial charge < -0.3 is 14.8 Å². The number of ether oxygens (including phenoxy) is 2. The highest BCUT2D eigenvalue weighted by Gasteiger charge is 2.27. The Morgan fingerprint density at radius 1 is 1.07 bits per heavy atom. The van der Waals surface area contributed by atoms with Crippen molar-refractivity contribution in [2.45, 2.75) is 10.9 Å². The number of carbonyl (C=O) groups excluding carboxylic acids is 2. The van der Waals surface area contributed by atoms with E-state index in [1.807, 2.05) is 0 Å². The highest BCUT2D eigenvalue weighted by atomic mass is 79.9. The van der Waals surface area contributed by atoms with Gasteiger partial charge in [0.25, 0.3) is 5.91 Å². The van der Waals surface area contributed by atoms with E-state index in [1.54, 1.807) is 24.3 Å². The molecule has 1 saturated heterocycles. The number of amides is 1. The molecule has 2 aromatic carbocycles. The molecule has 1 N–H and O–H groups in total. The molecule has 3 rings (SSSR count). The molecule has 1 amide bonds. The van der Waals surface area contributed by atoms with Crippen molar-refractivity contribution in [1.29, 1.82) is 0 Å². The zero-order chi connectivity index (χ0) is 21.7. The zero-order valence-corrected chi connectivity index (χ0v) is 18.6. The minimum absolute atomic E-state index is 0.0957. The molecule has 0 aliphatic carbocycles. The van der Waals surface area contributed by atoms with Crippen LogP contribution in [0.4, 0.5) is 0 Å². The molecule has 8 nitrogen and oxygen atoms in total. The fourth-order valence-electron chi connectivity index (χ4n) is 2.98. The van der Waals surface area contributed by atoms with Crippen molar-refractivity contribution < 1.29 is 27.5 Å². The quantitative estimate of drug-likeness (QED) is 0.614. The van der Waals surface area contributed by atoms with Crippen LogP contribution < -0.4 is 5.32 Å². The Morgan fingerprint density at radius 2 is 1.67 bits per heavy atom. The fraction of sp³-hybridized carbons (Fsp3) is 0.300. The lowest BCUT2D eigenvalue weighted by Crippen LogP contribution is -2.40. The SMILES string of the molecule is COC(=O)C(NC(=O)c1ccc(S(=O)(=O)N2CCOCC2)cc1)c1ccc(Br)cc1. The first-order valence-electron chi connectivity index (χ1n) is 9.15. The van der Waals surface area contributed by atoms with Crippen molar-refractivity contribution in [2.75, 3.05) is 33.4 Å². The molecule has 2 aromatic rings. The lowest BCUT2D eigenvalue weighted by atomic mass is 10.1. The van der Waals surface area contributed by atoms with E-state index in [1.165, 1.54) is 35.7 Å². The topological polar surface area (TPSA) is 102 Å². The van der Waals surface area contributed by atoms with E-state index in [0.717, 1.165) is 4.47 Å². The summed E-state index contributed by atoms with van der Waals surface area (Å²) in [5.41, 5.74) is 0.784. The maximum absolute atomic E-state index is 12.7. The summed E-state index contributed by atoms with van der Waals surface area (Å²) < 4.78 is 37.6. The fourth-order valence-corrected chi connectivity index (χ4v) is 4.65. The Hall–Kier alpha value is -2.27. The number of hydrogen-bond donors (Lipinski definition) is 1. The van der Waals surface area contributed by atoms with Crippen LogP contribution in [0.25, 0.3) is 0 Å². The van der Waals surface area contributed by atoms with Gasteiger partial charge >= 0.3 is 5.97 Å². The van der Waals surface area contributed by atoms with Crippen molar-refractivity contribution in [2.24, 2.45) is 0 Å². The molecular formula is C20H21BrN2O6S. The first-order valence-corrected chi connectivity index (χ1v) is 11.4. The lowest BCUT2D eigenvalue weighted by Gasteiger charge is -2.26. The summed E-state index contributed by atoms with van der Waals surface area (Å²) in [6.07, 6.45) is 0. The van der Waals surface area contributed by atoms with E-state index < -0.39 is 27.9 Å². The predicted octanol–water partition coefficient (Wildman–Crippen LogP) is 2.11. The molecule has 0 bridgehead atoms. The van der Waals surface area contributed by atoms with E-state index in [2.05, 4.69) is 21.2 Å². The Labute approximate surface area is 183 Å². The maximum Gasteiger partial charge on any atom is 0.333 e. The molecule has 1 fully saturated rings. The molecule has 0 aromatic heterocycles. The second-order valence-electron chi connectivity index (χ2n) is 6.52. The molecule has 10 heteroatoms. The monoisotopic (exact) mass is 496 g/mol. The van der Waals surface area contributed by atoms with E-state index in [-0.39, 0.29) is 10.5 Å². The molecule has 160 valence electrons. The van der Waals surface area contributed by atoms with Crippen LogP contribution in [-0.4, -0.2) is 58.0 Å². The number of esters is 1. The predicted molar refractivity (Wildman–Crippen MR) is 112 cm³/mol. The van der Waals surface area contributed by atoms with Gasteiger partial charge in [-0.15, -0.1) is 0 Å². The van der Waals surface area contributed by atoms with Crippen LogP contribution in [0.1, 0.15) is 22.0 Å². The lowest BCUT2D eigenvalue weighted by molar-refractivity contribution is -0.143. The molecule has 1 heterocycles. The Bertz CT molecular complexity index is 1000. The van der Waals surface area contributed by atoms with Crippen molar-refractivity contribution in [3.63, 3.8) is 0 Å². The van der Waals surface area contributed by atoms with Gasteiger partial charge in [-0.2, -0.15) is 4.31 Å². The summed E-state index contributed by atoms with van der Waals surface area (Å²) in [7, 11) is -2.41. The normalized spacial score (nSPS) is 15.9. The molecule has 30 heavy (non-hydrogen) atoms. The molecular weight excluding hydrogens is 476 g/mol. The van der Waals surface area contributed by atoms with Crippen molar-refractivity contribution in [3.8, 4) is 0 Å².